The molecule has 0 spiro atoms. The molecular formula is C14H23NS. The molecule has 0 unspecified atom stereocenters. The van der Waals surface area contributed by atoms with Crippen molar-refractivity contribution in [1.29, 1.82) is 0 Å². The molecule has 0 fully saturated rings. The monoisotopic (exact) mass is 237 g/mol. The Kier molecular flexibility index (Phi) is 5.36. The van der Waals surface area contributed by atoms with Gasteiger partial charge in [-0.15, -0.1) is 11.8 Å². The zero-order valence-electron chi connectivity index (χ0n) is 10.8. The summed E-state index contributed by atoms with van der Waals surface area (Å²) in [6, 6.07) is 8.88. The summed E-state index contributed by atoms with van der Waals surface area (Å²) in [5, 5.41) is 3.49. The number of rotatable bonds is 5. The first-order chi connectivity index (χ1) is 7.51. The quantitative estimate of drug-likeness (QED) is 0.775. The Morgan fingerprint density at radius 1 is 1.12 bits per heavy atom. The Bertz CT molecular complexity index is 298. The van der Waals surface area contributed by atoms with Gasteiger partial charge in [0.05, 0.1) is 0 Å². The van der Waals surface area contributed by atoms with E-state index in [0.717, 1.165) is 6.54 Å². The highest BCUT2D eigenvalue weighted by molar-refractivity contribution is 7.99. The molecule has 2 heteroatoms. The van der Waals surface area contributed by atoms with Gasteiger partial charge < -0.3 is 5.32 Å². The fourth-order valence-corrected chi connectivity index (χ4v) is 2.06. The van der Waals surface area contributed by atoms with Gasteiger partial charge in [0.25, 0.3) is 0 Å². The predicted molar refractivity (Wildman–Crippen MR) is 74.0 cm³/mol. The van der Waals surface area contributed by atoms with Gasteiger partial charge in [0.2, 0.25) is 0 Å². The molecule has 0 amide bonds. The third-order valence-corrected chi connectivity index (χ3v) is 3.44. The normalized spacial score (nSPS) is 11.8. The van der Waals surface area contributed by atoms with Crippen molar-refractivity contribution >= 4 is 11.8 Å². The molecule has 1 N–H and O–H groups in total. The van der Waals surface area contributed by atoms with Crippen molar-refractivity contribution < 1.29 is 0 Å². The topological polar surface area (TPSA) is 12.0 Å². The second-order valence-electron chi connectivity index (χ2n) is 5.10. The smallest absolute Gasteiger partial charge is 0.0210 e. The van der Waals surface area contributed by atoms with E-state index < -0.39 is 0 Å². The first kappa shape index (κ1) is 13.6. The van der Waals surface area contributed by atoms with Gasteiger partial charge in [0, 0.05) is 17.0 Å². The van der Waals surface area contributed by atoms with Crippen LogP contribution in [0.15, 0.2) is 29.2 Å². The number of hydrogen-bond acceptors (Lipinski definition) is 2. The molecule has 0 atom stereocenters. The fraction of sp³-hybridized carbons (Fsp3) is 0.571. The molecule has 0 radical (unpaired) electrons. The van der Waals surface area contributed by atoms with Crippen LogP contribution >= 0.6 is 11.8 Å². The van der Waals surface area contributed by atoms with Crippen LogP contribution in [0.2, 0.25) is 0 Å². The molecule has 0 saturated carbocycles. The molecule has 0 aliphatic rings. The third-order valence-electron chi connectivity index (χ3n) is 2.22. The molecule has 0 aliphatic carbocycles. The van der Waals surface area contributed by atoms with Crippen molar-refractivity contribution in [3.63, 3.8) is 0 Å². The van der Waals surface area contributed by atoms with Crippen LogP contribution in [0.4, 0.5) is 0 Å². The van der Waals surface area contributed by atoms with Crippen molar-refractivity contribution in [1.82, 2.24) is 5.32 Å². The highest BCUT2D eigenvalue weighted by Crippen LogP contribution is 2.19. The molecule has 0 bridgehead atoms. The van der Waals surface area contributed by atoms with Crippen molar-refractivity contribution in [3.8, 4) is 0 Å². The van der Waals surface area contributed by atoms with Crippen LogP contribution < -0.4 is 5.32 Å². The highest BCUT2D eigenvalue weighted by Gasteiger charge is 2.07. The summed E-state index contributed by atoms with van der Waals surface area (Å²) in [4.78, 5) is 1.38. The summed E-state index contributed by atoms with van der Waals surface area (Å²) >= 11 is 1.93. The van der Waals surface area contributed by atoms with Crippen LogP contribution in [0.1, 0.15) is 39.7 Å². The Hall–Kier alpha value is -0.470. The third kappa shape index (κ3) is 5.57. The van der Waals surface area contributed by atoms with E-state index in [1.807, 2.05) is 11.8 Å². The number of thioether (sulfide) groups is 1. The number of hydrogen-bond donors (Lipinski definition) is 1. The Balaban J connectivity index is 2.45. The van der Waals surface area contributed by atoms with Crippen molar-refractivity contribution in [3.05, 3.63) is 29.8 Å². The van der Waals surface area contributed by atoms with Crippen LogP contribution in [0.5, 0.6) is 0 Å². The summed E-state index contributed by atoms with van der Waals surface area (Å²) in [6.45, 7) is 9.74. The average Bonchev–Trinajstić information content (AvgIpc) is 2.24. The van der Waals surface area contributed by atoms with Gasteiger partial charge in [-0.1, -0.05) is 19.1 Å². The molecule has 1 aromatic rings. The number of benzene rings is 1. The largest absolute Gasteiger partial charge is 0.308 e. The first-order valence-electron chi connectivity index (χ1n) is 5.98. The minimum Gasteiger partial charge on any atom is -0.308 e. The van der Waals surface area contributed by atoms with E-state index in [2.05, 4.69) is 57.3 Å². The van der Waals surface area contributed by atoms with Crippen LogP contribution in [0.25, 0.3) is 0 Å². The Morgan fingerprint density at radius 2 is 1.75 bits per heavy atom. The summed E-state index contributed by atoms with van der Waals surface area (Å²) < 4.78 is 0. The number of nitrogens with one attached hydrogen (secondary N) is 1. The molecule has 0 heterocycles. The molecule has 1 aromatic carbocycles. The van der Waals surface area contributed by atoms with Gasteiger partial charge in [-0.25, -0.2) is 0 Å². The summed E-state index contributed by atoms with van der Waals surface area (Å²) in [5.74, 6) is 1.21. The average molecular weight is 237 g/mol. The van der Waals surface area contributed by atoms with Crippen molar-refractivity contribution in [2.45, 2.75) is 51.1 Å². The fourth-order valence-electron chi connectivity index (χ4n) is 1.29. The van der Waals surface area contributed by atoms with Crippen LogP contribution in [-0.4, -0.2) is 11.3 Å². The van der Waals surface area contributed by atoms with E-state index in [-0.39, 0.29) is 5.54 Å². The Morgan fingerprint density at radius 3 is 2.25 bits per heavy atom. The minimum absolute atomic E-state index is 0.190. The molecule has 1 rings (SSSR count). The van der Waals surface area contributed by atoms with E-state index in [1.54, 1.807) is 0 Å². The maximum atomic E-state index is 3.49. The summed E-state index contributed by atoms with van der Waals surface area (Å²) in [6.07, 6.45) is 1.23. The first-order valence-corrected chi connectivity index (χ1v) is 6.96. The van der Waals surface area contributed by atoms with E-state index >= 15 is 0 Å². The summed E-state index contributed by atoms with van der Waals surface area (Å²) in [7, 11) is 0. The SMILES string of the molecule is CCCSc1ccc(CNC(C)(C)C)cc1. The van der Waals surface area contributed by atoms with Crippen LogP contribution in [0, 0.1) is 0 Å². The van der Waals surface area contributed by atoms with Gasteiger partial charge in [-0.05, 0) is 50.6 Å². The van der Waals surface area contributed by atoms with Crippen LogP contribution in [-0.2, 0) is 6.54 Å². The second-order valence-corrected chi connectivity index (χ2v) is 6.26. The summed E-state index contributed by atoms with van der Waals surface area (Å²) in [5.41, 5.74) is 1.55. The Labute approximate surface area is 104 Å². The van der Waals surface area contributed by atoms with E-state index in [0.29, 0.717) is 0 Å². The van der Waals surface area contributed by atoms with Gasteiger partial charge in [-0.3, -0.25) is 0 Å². The van der Waals surface area contributed by atoms with Crippen LogP contribution in [0.3, 0.4) is 0 Å². The van der Waals surface area contributed by atoms with E-state index in [1.165, 1.54) is 22.6 Å². The zero-order chi connectivity index (χ0) is 12.0. The maximum Gasteiger partial charge on any atom is 0.0210 e. The molecular weight excluding hydrogens is 214 g/mol. The lowest BCUT2D eigenvalue weighted by atomic mass is 10.1. The van der Waals surface area contributed by atoms with Gasteiger partial charge in [0.1, 0.15) is 0 Å². The standard InChI is InChI=1S/C14H23NS/c1-5-10-16-13-8-6-12(7-9-13)11-15-14(2,3)4/h6-9,15H,5,10-11H2,1-4H3. The second kappa shape index (κ2) is 6.31. The molecule has 0 saturated heterocycles. The van der Waals surface area contributed by atoms with Gasteiger partial charge >= 0.3 is 0 Å². The lowest BCUT2D eigenvalue weighted by Crippen LogP contribution is -2.35. The predicted octanol–water partition coefficient (Wildman–Crippen LogP) is 4.08. The van der Waals surface area contributed by atoms with Crippen molar-refractivity contribution in [2.75, 3.05) is 5.75 Å². The lowest BCUT2D eigenvalue weighted by molar-refractivity contribution is 0.424. The van der Waals surface area contributed by atoms with Crippen molar-refractivity contribution in [2.24, 2.45) is 0 Å². The maximum absolute atomic E-state index is 3.49. The van der Waals surface area contributed by atoms with E-state index in [4.69, 9.17) is 0 Å². The zero-order valence-corrected chi connectivity index (χ0v) is 11.7. The molecule has 90 valence electrons. The van der Waals surface area contributed by atoms with Gasteiger partial charge in [0.15, 0.2) is 0 Å². The highest BCUT2D eigenvalue weighted by atomic mass is 32.2. The molecule has 1 nitrogen and oxygen atoms in total. The van der Waals surface area contributed by atoms with Gasteiger partial charge in [-0.2, -0.15) is 0 Å². The molecule has 16 heavy (non-hydrogen) atoms. The van der Waals surface area contributed by atoms with E-state index in [9.17, 15) is 0 Å². The lowest BCUT2D eigenvalue weighted by Gasteiger charge is -2.20. The molecule has 0 aromatic heterocycles. The molecule has 0 aliphatic heterocycles. The minimum atomic E-state index is 0.190.